The summed E-state index contributed by atoms with van der Waals surface area (Å²) >= 11 is 0. The number of benzene rings is 2. The average Bonchev–Trinajstić information content (AvgIpc) is 2.81. The molecule has 4 atom stereocenters. The highest BCUT2D eigenvalue weighted by Gasteiger charge is 2.36. The van der Waals surface area contributed by atoms with Crippen molar-refractivity contribution in [3.8, 4) is 23.0 Å². The van der Waals surface area contributed by atoms with E-state index in [1.54, 1.807) is 69.7 Å². The van der Waals surface area contributed by atoms with E-state index < -0.39 is 30.3 Å². The Kier molecular flexibility index (Phi) is 7.37. The largest absolute Gasteiger partial charge is 0.497 e. The molecule has 30 heavy (non-hydrogen) atoms. The number of hydrogen-bond acceptors (Lipinski definition) is 8. The first kappa shape index (κ1) is 21.7. The molecule has 8 heteroatoms. The normalized spacial score (nSPS) is 24.6. The summed E-state index contributed by atoms with van der Waals surface area (Å²) in [6.45, 7) is 1.94. The predicted molar refractivity (Wildman–Crippen MR) is 109 cm³/mol. The first-order valence-electron chi connectivity index (χ1n) is 9.65. The second kappa shape index (κ2) is 10.2. The van der Waals surface area contributed by atoms with Crippen LogP contribution in [0.4, 0.5) is 0 Å². The minimum absolute atomic E-state index is 0.0310. The molecule has 0 spiro atoms. The van der Waals surface area contributed by atoms with Crippen molar-refractivity contribution in [1.29, 1.82) is 0 Å². The molecule has 0 saturated carbocycles. The summed E-state index contributed by atoms with van der Waals surface area (Å²) in [4.78, 5) is 12.2. The molecule has 1 aliphatic heterocycles. The third-order valence-electron chi connectivity index (χ3n) is 4.69. The SMILES string of the molecule is COc1ccc(O[C@H]2[C@H](C)OC(=O)[C@@H](N)COC[C@@H]2Oc2ccc(OC)cc2)cc1. The van der Waals surface area contributed by atoms with Gasteiger partial charge in [-0.2, -0.15) is 0 Å². The van der Waals surface area contributed by atoms with E-state index in [0.717, 1.165) is 0 Å². The average molecular weight is 417 g/mol. The van der Waals surface area contributed by atoms with Crippen molar-refractivity contribution < 1.29 is 33.2 Å². The van der Waals surface area contributed by atoms with Crippen LogP contribution >= 0.6 is 0 Å². The van der Waals surface area contributed by atoms with Gasteiger partial charge in [0.1, 0.15) is 35.1 Å². The number of methoxy groups -OCH3 is 2. The van der Waals surface area contributed by atoms with Crippen LogP contribution in [-0.4, -0.2) is 57.8 Å². The van der Waals surface area contributed by atoms with Crippen molar-refractivity contribution in [1.82, 2.24) is 0 Å². The first-order valence-corrected chi connectivity index (χ1v) is 9.65. The number of nitrogens with two attached hydrogens (primary N) is 1. The number of carbonyl (C=O) groups excluding carboxylic acids is 1. The van der Waals surface area contributed by atoms with Gasteiger partial charge in [-0.05, 0) is 55.5 Å². The predicted octanol–water partition coefficient (Wildman–Crippen LogP) is 2.19. The highest BCUT2D eigenvalue weighted by Crippen LogP contribution is 2.25. The minimum atomic E-state index is -0.867. The summed E-state index contributed by atoms with van der Waals surface area (Å²) in [5, 5.41) is 0. The fourth-order valence-electron chi connectivity index (χ4n) is 3.03. The third-order valence-corrected chi connectivity index (χ3v) is 4.69. The number of carbonyl (C=O) groups is 1. The van der Waals surface area contributed by atoms with Crippen molar-refractivity contribution >= 4 is 5.97 Å². The zero-order chi connectivity index (χ0) is 21.5. The molecule has 2 aromatic carbocycles. The summed E-state index contributed by atoms with van der Waals surface area (Å²) < 4.78 is 33.9. The number of hydrogen-bond donors (Lipinski definition) is 1. The highest BCUT2D eigenvalue weighted by atomic mass is 16.6. The van der Waals surface area contributed by atoms with Gasteiger partial charge >= 0.3 is 5.97 Å². The second-order valence-electron chi connectivity index (χ2n) is 6.88. The molecule has 8 nitrogen and oxygen atoms in total. The van der Waals surface area contributed by atoms with E-state index >= 15 is 0 Å². The lowest BCUT2D eigenvalue weighted by atomic mass is 10.1. The Labute approximate surface area is 175 Å². The maximum atomic E-state index is 12.2. The monoisotopic (exact) mass is 417 g/mol. The van der Waals surface area contributed by atoms with Crippen LogP contribution < -0.4 is 24.7 Å². The smallest absolute Gasteiger partial charge is 0.325 e. The lowest BCUT2D eigenvalue weighted by Crippen LogP contribution is -2.47. The molecular weight excluding hydrogens is 390 g/mol. The molecule has 1 aliphatic rings. The van der Waals surface area contributed by atoms with Gasteiger partial charge in [-0.25, -0.2) is 0 Å². The summed E-state index contributed by atoms with van der Waals surface area (Å²) in [5.74, 6) is 2.06. The Morgan fingerprint density at radius 1 is 0.833 bits per heavy atom. The van der Waals surface area contributed by atoms with Gasteiger partial charge in [0.05, 0.1) is 27.4 Å². The van der Waals surface area contributed by atoms with E-state index in [2.05, 4.69) is 0 Å². The molecule has 0 aromatic heterocycles. The maximum absolute atomic E-state index is 12.2. The van der Waals surface area contributed by atoms with Gasteiger partial charge in [-0.1, -0.05) is 0 Å². The molecule has 3 rings (SSSR count). The molecule has 1 heterocycles. The first-order chi connectivity index (χ1) is 14.5. The third kappa shape index (κ3) is 5.55. The lowest BCUT2D eigenvalue weighted by Gasteiger charge is -2.31. The van der Waals surface area contributed by atoms with Gasteiger partial charge in [-0.3, -0.25) is 4.79 Å². The Morgan fingerprint density at radius 3 is 1.87 bits per heavy atom. The Bertz CT molecular complexity index is 809. The molecule has 1 fully saturated rings. The van der Waals surface area contributed by atoms with Gasteiger partial charge in [0.25, 0.3) is 0 Å². The molecular formula is C22H27NO7. The molecule has 1 saturated heterocycles. The van der Waals surface area contributed by atoms with Crippen molar-refractivity contribution in [2.75, 3.05) is 27.4 Å². The van der Waals surface area contributed by atoms with Gasteiger partial charge < -0.3 is 34.2 Å². The van der Waals surface area contributed by atoms with Crippen molar-refractivity contribution in [3.63, 3.8) is 0 Å². The van der Waals surface area contributed by atoms with Gasteiger partial charge in [0.15, 0.2) is 12.2 Å². The molecule has 2 aromatic rings. The van der Waals surface area contributed by atoms with E-state index in [1.165, 1.54) is 0 Å². The number of ether oxygens (including phenoxy) is 6. The fourth-order valence-corrected chi connectivity index (χ4v) is 3.03. The topological polar surface area (TPSA) is 98.5 Å². The standard InChI is InChI=1S/C22H27NO7/c1-14-21(30-18-10-6-16(26-3)7-11-18)20(13-27-12-19(23)22(24)28-14)29-17-8-4-15(25-2)5-9-17/h4-11,14,19-21H,12-13,23H2,1-3H3/t14-,19-,20-,21-/m0/s1. The van der Waals surface area contributed by atoms with Crippen molar-refractivity contribution in [3.05, 3.63) is 48.5 Å². The van der Waals surface area contributed by atoms with Gasteiger partial charge in [-0.15, -0.1) is 0 Å². The van der Waals surface area contributed by atoms with Crippen LogP contribution in [0.5, 0.6) is 23.0 Å². The number of esters is 1. The fraction of sp³-hybridized carbons (Fsp3) is 0.409. The zero-order valence-corrected chi connectivity index (χ0v) is 17.3. The molecule has 0 amide bonds. The summed E-state index contributed by atoms with van der Waals surface area (Å²) in [7, 11) is 3.19. The molecule has 0 unspecified atom stereocenters. The molecule has 0 aliphatic carbocycles. The summed E-state index contributed by atoms with van der Waals surface area (Å²) in [6, 6.07) is 13.4. The van der Waals surface area contributed by atoms with Crippen LogP contribution in [0.1, 0.15) is 6.92 Å². The molecule has 0 bridgehead atoms. The lowest BCUT2D eigenvalue weighted by molar-refractivity contribution is -0.156. The van der Waals surface area contributed by atoms with E-state index in [4.69, 9.17) is 34.2 Å². The Balaban J connectivity index is 1.84. The number of cyclic esters (lactones) is 1. The minimum Gasteiger partial charge on any atom is -0.497 e. The van der Waals surface area contributed by atoms with Crippen LogP contribution in [0.25, 0.3) is 0 Å². The van der Waals surface area contributed by atoms with E-state index in [1.807, 2.05) is 0 Å². The van der Waals surface area contributed by atoms with Crippen molar-refractivity contribution in [2.45, 2.75) is 31.3 Å². The molecule has 2 N–H and O–H groups in total. The van der Waals surface area contributed by atoms with E-state index in [-0.39, 0.29) is 13.2 Å². The summed E-state index contributed by atoms with van der Waals surface area (Å²) in [6.07, 6.45) is -1.83. The van der Waals surface area contributed by atoms with Crippen LogP contribution in [0.2, 0.25) is 0 Å². The van der Waals surface area contributed by atoms with Crippen LogP contribution in [0.3, 0.4) is 0 Å². The second-order valence-corrected chi connectivity index (χ2v) is 6.88. The van der Waals surface area contributed by atoms with E-state index in [0.29, 0.717) is 23.0 Å². The summed E-state index contributed by atoms with van der Waals surface area (Å²) in [5.41, 5.74) is 5.83. The molecule has 162 valence electrons. The van der Waals surface area contributed by atoms with Gasteiger partial charge in [0, 0.05) is 0 Å². The van der Waals surface area contributed by atoms with Crippen LogP contribution in [0.15, 0.2) is 48.5 Å². The molecule has 0 radical (unpaired) electrons. The van der Waals surface area contributed by atoms with E-state index in [9.17, 15) is 4.79 Å². The zero-order valence-electron chi connectivity index (χ0n) is 17.3. The van der Waals surface area contributed by atoms with Crippen LogP contribution in [0, 0.1) is 0 Å². The quantitative estimate of drug-likeness (QED) is 0.715. The Morgan fingerprint density at radius 2 is 1.33 bits per heavy atom. The highest BCUT2D eigenvalue weighted by molar-refractivity contribution is 5.75. The number of rotatable bonds is 6. The van der Waals surface area contributed by atoms with Crippen molar-refractivity contribution in [2.24, 2.45) is 5.73 Å². The Hall–Kier alpha value is -2.97. The maximum Gasteiger partial charge on any atom is 0.325 e. The van der Waals surface area contributed by atoms with Crippen LogP contribution in [-0.2, 0) is 14.3 Å². The van der Waals surface area contributed by atoms with Gasteiger partial charge in [0.2, 0.25) is 0 Å².